The molecule has 5 rings (SSSR count). The van der Waals surface area contributed by atoms with Gasteiger partial charge in [-0.05, 0) is 18.2 Å². The Bertz CT molecular complexity index is 1210. The second kappa shape index (κ2) is 6.43. The lowest BCUT2D eigenvalue weighted by atomic mass is 9.93. The van der Waals surface area contributed by atoms with Crippen molar-refractivity contribution in [2.24, 2.45) is 5.73 Å². The number of hydrogen-bond donors (Lipinski definition) is 3. The van der Waals surface area contributed by atoms with Crippen LogP contribution in [0.15, 0.2) is 53.2 Å². The number of urea groups is 1. The summed E-state index contributed by atoms with van der Waals surface area (Å²) in [5, 5.41) is 9.36. The summed E-state index contributed by atoms with van der Waals surface area (Å²) in [6, 6.07) is 8.78. The molecule has 0 saturated heterocycles. The van der Waals surface area contributed by atoms with Gasteiger partial charge < -0.3 is 15.6 Å². The minimum atomic E-state index is -0.387. The predicted octanol–water partition coefficient (Wildman–Crippen LogP) is 4.06. The summed E-state index contributed by atoms with van der Waals surface area (Å²) in [6.07, 6.45) is 6.01. The lowest BCUT2D eigenvalue weighted by molar-refractivity contribution is 0.262. The standard InChI is InChI=1S/C22H22N6O2/c1-22(2,3)17-10-18(27-30-17)26-21(29)24-13-6-4-12(5-7-13)15-11-28-16-9-8-14(23)19(16)20(28)25-15/h4-11,14H,23H2,1-3H3,(H2,24,26,27,29). The first kappa shape index (κ1) is 18.4. The number of aromatic nitrogens is 3. The molecule has 152 valence electrons. The summed E-state index contributed by atoms with van der Waals surface area (Å²) < 4.78 is 7.33. The van der Waals surface area contributed by atoms with Crippen LogP contribution in [0, 0.1) is 0 Å². The molecule has 1 atom stereocenters. The van der Waals surface area contributed by atoms with Crippen molar-refractivity contribution in [1.29, 1.82) is 0 Å². The number of allylic oxidation sites excluding steroid dienone is 2. The maximum Gasteiger partial charge on any atom is 0.324 e. The number of nitrogens with one attached hydrogen (secondary N) is 2. The Morgan fingerprint density at radius 1 is 1.20 bits per heavy atom. The van der Waals surface area contributed by atoms with Crippen LogP contribution in [-0.2, 0) is 5.41 Å². The molecule has 4 N–H and O–H groups in total. The van der Waals surface area contributed by atoms with Gasteiger partial charge in [0.15, 0.2) is 5.82 Å². The largest absolute Gasteiger partial charge is 0.359 e. The number of benzene rings is 1. The molecule has 2 amide bonds. The molecule has 1 aliphatic heterocycles. The summed E-state index contributed by atoms with van der Waals surface area (Å²) in [6.45, 7) is 6.04. The van der Waals surface area contributed by atoms with Crippen molar-refractivity contribution in [3.8, 4) is 11.3 Å². The lowest BCUT2D eigenvalue weighted by Gasteiger charge is -2.21. The molecule has 0 radical (unpaired) electrons. The molecule has 2 aromatic heterocycles. The molecule has 0 saturated carbocycles. The number of nitrogens with two attached hydrogens (primary N) is 1. The van der Waals surface area contributed by atoms with Crippen LogP contribution in [0.3, 0.4) is 0 Å². The fraction of sp³-hybridized carbons (Fsp3) is 0.227. The van der Waals surface area contributed by atoms with Crippen molar-refractivity contribution >= 4 is 28.8 Å². The first-order chi connectivity index (χ1) is 14.3. The molecule has 2 aliphatic rings. The van der Waals surface area contributed by atoms with E-state index in [1.807, 2.05) is 63.4 Å². The van der Waals surface area contributed by atoms with E-state index < -0.39 is 0 Å². The molecule has 3 heterocycles. The van der Waals surface area contributed by atoms with E-state index >= 15 is 0 Å². The number of anilines is 2. The average molecular weight is 402 g/mol. The fourth-order valence-corrected chi connectivity index (χ4v) is 3.56. The van der Waals surface area contributed by atoms with Gasteiger partial charge >= 0.3 is 6.03 Å². The number of carbonyl (C=O) groups is 1. The minimum absolute atomic E-state index is 0.0722. The highest BCUT2D eigenvalue weighted by atomic mass is 16.5. The Morgan fingerprint density at radius 3 is 2.67 bits per heavy atom. The Morgan fingerprint density at radius 2 is 1.97 bits per heavy atom. The maximum atomic E-state index is 12.3. The van der Waals surface area contributed by atoms with Gasteiger partial charge in [-0.15, -0.1) is 0 Å². The normalized spacial score (nSPS) is 16.9. The first-order valence-corrected chi connectivity index (χ1v) is 9.73. The van der Waals surface area contributed by atoms with Crippen molar-refractivity contribution in [3.05, 3.63) is 60.3 Å². The van der Waals surface area contributed by atoms with Crippen LogP contribution in [0.2, 0.25) is 0 Å². The highest BCUT2D eigenvalue weighted by molar-refractivity contribution is 6.01. The van der Waals surface area contributed by atoms with E-state index in [0.717, 1.165) is 28.4 Å². The summed E-state index contributed by atoms with van der Waals surface area (Å²) >= 11 is 0. The first-order valence-electron chi connectivity index (χ1n) is 9.73. The Balaban J connectivity index is 1.24. The molecular weight excluding hydrogens is 380 g/mol. The van der Waals surface area contributed by atoms with E-state index in [-0.39, 0.29) is 17.5 Å². The summed E-state index contributed by atoms with van der Waals surface area (Å²) in [5.41, 5.74) is 10.6. The Labute approximate surface area is 173 Å². The number of hydrogen-bond acceptors (Lipinski definition) is 5. The summed E-state index contributed by atoms with van der Waals surface area (Å²) in [4.78, 5) is 16.9. The van der Waals surface area contributed by atoms with Gasteiger partial charge in [0.05, 0.1) is 17.4 Å². The number of fused-ring (bicyclic) bond motifs is 3. The molecule has 8 heteroatoms. The number of nitrogens with zero attached hydrogens (tertiary/aromatic N) is 3. The Hall–Kier alpha value is -3.65. The molecule has 0 bridgehead atoms. The minimum Gasteiger partial charge on any atom is -0.359 e. The molecule has 8 nitrogen and oxygen atoms in total. The SMILES string of the molecule is CC(C)(C)c1cc(NC(=O)Nc2ccc(-c3cn4c(n3)C3=C4C=CC3N)cc2)no1. The monoisotopic (exact) mass is 402 g/mol. The molecule has 1 aromatic carbocycles. The topological polar surface area (TPSA) is 111 Å². The van der Waals surface area contributed by atoms with E-state index in [4.69, 9.17) is 15.2 Å². The van der Waals surface area contributed by atoms with Crippen LogP contribution in [0.4, 0.5) is 16.3 Å². The quantitative estimate of drug-likeness (QED) is 0.612. The van der Waals surface area contributed by atoms with Crippen LogP contribution in [0.1, 0.15) is 32.4 Å². The smallest absolute Gasteiger partial charge is 0.324 e. The van der Waals surface area contributed by atoms with Crippen molar-refractivity contribution in [3.63, 3.8) is 0 Å². The van der Waals surface area contributed by atoms with Gasteiger partial charge in [0.2, 0.25) is 0 Å². The van der Waals surface area contributed by atoms with Gasteiger partial charge in [0.25, 0.3) is 0 Å². The third-order valence-electron chi connectivity index (χ3n) is 5.21. The molecule has 1 aliphatic carbocycles. The van der Waals surface area contributed by atoms with Crippen LogP contribution in [0.5, 0.6) is 0 Å². The van der Waals surface area contributed by atoms with E-state index in [2.05, 4.69) is 20.4 Å². The molecule has 0 fully saturated rings. The van der Waals surface area contributed by atoms with Crippen LogP contribution < -0.4 is 16.4 Å². The van der Waals surface area contributed by atoms with Gasteiger partial charge in [-0.3, -0.25) is 9.88 Å². The van der Waals surface area contributed by atoms with E-state index in [1.165, 1.54) is 0 Å². The second-order valence-corrected chi connectivity index (χ2v) is 8.49. The van der Waals surface area contributed by atoms with Gasteiger partial charge in [-0.1, -0.05) is 44.1 Å². The number of carbonyl (C=O) groups excluding carboxylic acids is 1. The van der Waals surface area contributed by atoms with Crippen LogP contribution in [0.25, 0.3) is 22.5 Å². The third kappa shape index (κ3) is 3.02. The van der Waals surface area contributed by atoms with Crippen LogP contribution >= 0.6 is 0 Å². The van der Waals surface area contributed by atoms with E-state index in [1.54, 1.807) is 6.07 Å². The lowest BCUT2D eigenvalue weighted by Crippen LogP contribution is -2.24. The summed E-state index contributed by atoms with van der Waals surface area (Å²) in [7, 11) is 0. The predicted molar refractivity (Wildman–Crippen MR) is 116 cm³/mol. The van der Waals surface area contributed by atoms with Crippen LogP contribution in [-0.4, -0.2) is 26.8 Å². The second-order valence-electron chi connectivity index (χ2n) is 8.49. The molecule has 3 aromatic rings. The molecular formula is C22H22N6O2. The zero-order chi connectivity index (χ0) is 21.0. The number of rotatable bonds is 3. The number of imidazole rings is 1. The van der Waals surface area contributed by atoms with Gasteiger partial charge in [-0.2, -0.15) is 0 Å². The van der Waals surface area contributed by atoms with E-state index in [9.17, 15) is 4.79 Å². The summed E-state index contributed by atoms with van der Waals surface area (Å²) in [5.74, 6) is 2.00. The average Bonchev–Trinajstić information content (AvgIpc) is 3.36. The van der Waals surface area contributed by atoms with Gasteiger partial charge in [-0.25, -0.2) is 9.78 Å². The maximum absolute atomic E-state index is 12.3. The third-order valence-corrected chi connectivity index (χ3v) is 5.21. The zero-order valence-corrected chi connectivity index (χ0v) is 16.9. The highest BCUT2D eigenvalue weighted by Gasteiger charge is 2.33. The zero-order valence-electron chi connectivity index (χ0n) is 16.9. The van der Waals surface area contributed by atoms with Crippen molar-refractivity contribution < 1.29 is 9.32 Å². The molecule has 0 spiro atoms. The number of amides is 2. The van der Waals surface area contributed by atoms with Gasteiger partial charge in [0, 0.05) is 34.5 Å². The van der Waals surface area contributed by atoms with Crippen molar-refractivity contribution in [2.75, 3.05) is 10.6 Å². The van der Waals surface area contributed by atoms with E-state index in [0.29, 0.717) is 17.3 Å². The van der Waals surface area contributed by atoms with Gasteiger partial charge in [0.1, 0.15) is 11.6 Å². The molecule has 30 heavy (non-hydrogen) atoms. The highest BCUT2D eigenvalue weighted by Crippen LogP contribution is 2.41. The fourth-order valence-electron chi connectivity index (χ4n) is 3.56. The van der Waals surface area contributed by atoms with Crippen molar-refractivity contribution in [1.82, 2.24) is 14.7 Å². The van der Waals surface area contributed by atoms with Crippen molar-refractivity contribution in [2.45, 2.75) is 32.2 Å². The molecule has 1 unspecified atom stereocenters. The Kier molecular flexibility index (Phi) is 3.94.